The topological polar surface area (TPSA) is 75.1 Å². The Labute approximate surface area is 163 Å². The van der Waals surface area contributed by atoms with Crippen LogP contribution in [0.3, 0.4) is 0 Å². The number of hydrogen-bond acceptors (Lipinski definition) is 5. The Morgan fingerprint density at radius 1 is 1.11 bits per heavy atom. The van der Waals surface area contributed by atoms with Crippen LogP contribution in [0.4, 0.5) is 11.5 Å². The van der Waals surface area contributed by atoms with Gasteiger partial charge < -0.3 is 10.4 Å². The van der Waals surface area contributed by atoms with Crippen LogP contribution >= 0.6 is 11.3 Å². The summed E-state index contributed by atoms with van der Waals surface area (Å²) < 4.78 is 0. The summed E-state index contributed by atoms with van der Waals surface area (Å²) >= 11 is 1.66. The Bertz CT molecular complexity index is 949. The quantitative estimate of drug-likeness (QED) is 0.602. The van der Waals surface area contributed by atoms with Gasteiger partial charge in [0.25, 0.3) is 0 Å². The van der Waals surface area contributed by atoms with E-state index in [4.69, 9.17) is 15.1 Å². The molecule has 0 aliphatic heterocycles. The lowest BCUT2D eigenvalue weighted by Gasteiger charge is -2.14. The second kappa shape index (κ2) is 8.31. The number of aryl methyl sites for hydroxylation is 2. The average Bonchev–Trinajstić information content (AvgIpc) is 3.12. The Balaban J connectivity index is 1.92. The van der Waals surface area contributed by atoms with E-state index in [0.29, 0.717) is 0 Å². The highest BCUT2D eigenvalue weighted by Crippen LogP contribution is 2.29. The lowest BCUT2D eigenvalue weighted by molar-refractivity contribution is -0.136. The second-order valence-electron chi connectivity index (χ2n) is 6.38. The number of carbonyl (C=O) groups is 1. The zero-order chi connectivity index (χ0) is 19.4. The van der Waals surface area contributed by atoms with Crippen molar-refractivity contribution in [3.05, 3.63) is 58.1 Å². The molecule has 2 N–H and O–H groups in total. The van der Waals surface area contributed by atoms with E-state index in [-0.39, 0.29) is 6.42 Å². The SMILES string of the molecule is CCc1csc(-c2nc(C)c(CC)c(Nc3ccc(CC(=O)O)cc3)n2)c1. The van der Waals surface area contributed by atoms with Crippen molar-refractivity contribution in [1.82, 2.24) is 9.97 Å². The molecule has 0 amide bonds. The number of aromatic nitrogens is 2. The third-order valence-electron chi connectivity index (χ3n) is 4.42. The third-order valence-corrected chi connectivity index (χ3v) is 5.40. The molecule has 140 valence electrons. The summed E-state index contributed by atoms with van der Waals surface area (Å²) in [6.07, 6.45) is 1.85. The zero-order valence-corrected chi connectivity index (χ0v) is 16.6. The number of carboxylic acid groups (broad SMARTS) is 1. The van der Waals surface area contributed by atoms with Crippen LogP contribution in [0.2, 0.25) is 0 Å². The number of carboxylic acids is 1. The molecule has 0 spiro atoms. The van der Waals surface area contributed by atoms with E-state index in [9.17, 15) is 4.79 Å². The highest BCUT2D eigenvalue weighted by Gasteiger charge is 2.13. The van der Waals surface area contributed by atoms with Gasteiger partial charge in [0.1, 0.15) is 5.82 Å². The summed E-state index contributed by atoms with van der Waals surface area (Å²) in [7, 11) is 0. The molecule has 2 heterocycles. The van der Waals surface area contributed by atoms with Crippen LogP contribution in [0, 0.1) is 6.92 Å². The summed E-state index contributed by atoms with van der Waals surface area (Å²) in [6.45, 7) is 6.24. The molecule has 0 atom stereocenters. The van der Waals surface area contributed by atoms with E-state index in [1.807, 2.05) is 31.2 Å². The molecule has 0 fully saturated rings. The summed E-state index contributed by atoms with van der Waals surface area (Å²) in [4.78, 5) is 21.4. The van der Waals surface area contributed by atoms with Crippen LogP contribution in [0.5, 0.6) is 0 Å². The van der Waals surface area contributed by atoms with Crippen molar-refractivity contribution in [3.63, 3.8) is 0 Å². The monoisotopic (exact) mass is 381 g/mol. The summed E-state index contributed by atoms with van der Waals surface area (Å²) in [5.74, 6) is 0.708. The van der Waals surface area contributed by atoms with Crippen LogP contribution < -0.4 is 5.32 Å². The number of aliphatic carboxylic acids is 1. The van der Waals surface area contributed by atoms with Crippen LogP contribution in [-0.4, -0.2) is 21.0 Å². The molecular formula is C21H23N3O2S. The number of nitrogens with zero attached hydrogens (tertiary/aromatic N) is 2. The minimum atomic E-state index is -0.831. The fourth-order valence-corrected chi connectivity index (χ4v) is 3.86. The minimum Gasteiger partial charge on any atom is -0.481 e. The van der Waals surface area contributed by atoms with Crippen molar-refractivity contribution in [2.75, 3.05) is 5.32 Å². The van der Waals surface area contributed by atoms with Crippen LogP contribution in [-0.2, 0) is 24.1 Å². The number of thiophene rings is 1. The number of hydrogen-bond donors (Lipinski definition) is 2. The van der Waals surface area contributed by atoms with Gasteiger partial charge in [-0.25, -0.2) is 9.97 Å². The lowest BCUT2D eigenvalue weighted by Crippen LogP contribution is -2.05. The third kappa shape index (κ3) is 4.52. The molecule has 0 aliphatic carbocycles. The molecule has 6 heteroatoms. The van der Waals surface area contributed by atoms with Gasteiger partial charge in [-0.2, -0.15) is 0 Å². The number of benzene rings is 1. The molecule has 3 aromatic rings. The normalized spacial score (nSPS) is 10.8. The van der Waals surface area contributed by atoms with Gasteiger partial charge in [0, 0.05) is 16.9 Å². The van der Waals surface area contributed by atoms with Gasteiger partial charge in [-0.05, 0) is 54.5 Å². The van der Waals surface area contributed by atoms with Crippen LogP contribution in [0.25, 0.3) is 10.7 Å². The van der Waals surface area contributed by atoms with Crippen molar-refractivity contribution >= 4 is 28.8 Å². The van der Waals surface area contributed by atoms with E-state index in [0.717, 1.165) is 51.9 Å². The Morgan fingerprint density at radius 3 is 2.44 bits per heavy atom. The van der Waals surface area contributed by atoms with E-state index >= 15 is 0 Å². The molecule has 0 unspecified atom stereocenters. The van der Waals surface area contributed by atoms with Gasteiger partial charge in [0.2, 0.25) is 0 Å². The fourth-order valence-electron chi connectivity index (χ4n) is 2.93. The first-order valence-corrected chi connectivity index (χ1v) is 9.91. The van der Waals surface area contributed by atoms with Gasteiger partial charge >= 0.3 is 5.97 Å². The molecule has 27 heavy (non-hydrogen) atoms. The minimum absolute atomic E-state index is 0.0232. The first-order chi connectivity index (χ1) is 13.0. The fraction of sp³-hybridized carbons (Fsp3) is 0.286. The van der Waals surface area contributed by atoms with Gasteiger partial charge in [-0.1, -0.05) is 26.0 Å². The first kappa shape index (κ1) is 19.0. The standard InChI is InChI=1S/C21H23N3O2S/c1-4-14-10-18(27-12-14)21-22-13(3)17(5-2)20(24-21)23-16-8-6-15(7-9-16)11-19(25)26/h6-10,12H,4-5,11H2,1-3H3,(H,25,26)(H,22,23,24). The van der Waals surface area contributed by atoms with Crippen molar-refractivity contribution in [3.8, 4) is 10.7 Å². The number of nitrogens with one attached hydrogen (secondary N) is 1. The van der Waals surface area contributed by atoms with E-state index in [1.54, 1.807) is 11.3 Å². The largest absolute Gasteiger partial charge is 0.481 e. The van der Waals surface area contributed by atoms with Crippen LogP contribution in [0.15, 0.2) is 35.7 Å². The number of rotatable bonds is 7. The van der Waals surface area contributed by atoms with Crippen molar-refractivity contribution in [2.45, 2.75) is 40.0 Å². The molecule has 0 bridgehead atoms. The molecule has 5 nitrogen and oxygen atoms in total. The molecule has 0 saturated carbocycles. The van der Waals surface area contributed by atoms with Crippen molar-refractivity contribution in [2.24, 2.45) is 0 Å². The molecule has 0 saturated heterocycles. The highest BCUT2D eigenvalue weighted by molar-refractivity contribution is 7.13. The first-order valence-electron chi connectivity index (χ1n) is 9.03. The van der Waals surface area contributed by atoms with Gasteiger partial charge in [0.15, 0.2) is 5.82 Å². The second-order valence-corrected chi connectivity index (χ2v) is 7.29. The van der Waals surface area contributed by atoms with E-state index < -0.39 is 5.97 Å². The Morgan fingerprint density at radius 2 is 1.85 bits per heavy atom. The highest BCUT2D eigenvalue weighted by atomic mass is 32.1. The smallest absolute Gasteiger partial charge is 0.307 e. The van der Waals surface area contributed by atoms with Crippen LogP contribution in [0.1, 0.15) is 36.2 Å². The lowest BCUT2D eigenvalue weighted by atomic mass is 10.1. The van der Waals surface area contributed by atoms with E-state index in [1.165, 1.54) is 5.56 Å². The molecule has 0 radical (unpaired) electrons. The van der Waals surface area contributed by atoms with Gasteiger partial charge in [-0.3, -0.25) is 4.79 Å². The Kier molecular flexibility index (Phi) is 5.86. The maximum absolute atomic E-state index is 10.8. The van der Waals surface area contributed by atoms with Crippen molar-refractivity contribution in [1.29, 1.82) is 0 Å². The molecule has 3 rings (SSSR count). The molecule has 1 aromatic carbocycles. The maximum Gasteiger partial charge on any atom is 0.307 e. The summed E-state index contributed by atoms with van der Waals surface area (Å²) in [6, 6.07) is 9.56. The van der Waals surface area contributed by atoms with E-state index in [2.05, 4.69) is 30.6 Å². The average molecular weight is 382 g/mol. The predicted molar refractivity (Wildman–Crippen MR) is 110 cm³/mol. The summed E-state index contributed by atoms with van der Waals surface area (Å²) in [5, 5.41) is 14.4. The molecule has 2 aromatic heterocycles. The molecule has 0 aliphatic rings. The van der Waals surface area contributed by atoms with Gasteiger partial charge in [0.05, 0.1) is 11.3 Å². The Hall–Kier alpha value is -2.73. The number of anilines is 2. The molecular weight excluding hydrogens is 358 g/mol. The summed E-state index contributed by atoms with van der Waals surface area (Å²) in [5.41, 5.74) is 5.00. The van der Waals surface area contributed by atoms with Gasteiger partial charge in [-0.15, -0.1) is 11.3 Å². The maximum atomic E-state index is 10.8. The zero-order valence-electron chi connectivity index (χ0n) is 15.7. The predicted octanol–water partition coefficient (Wildman–Crippen LogP) is 5.01. The van der Waals surface area contributed by atoms with Crippen molar-refractivity contribution < 1.29 is 9.90 Å².